The summed E-state index contributed by atoms with van der Waals surface area (Å²) in [6.45, 7) is 0.306. The van der Waals surface area contributed by atoms with E-state index in [9.17, 15) is 9.59 Å². The topological polar surface area (TPSA) is 67.8 Å². The van der Waals surface area contributed by atoms with Crippen LogP contribution in [0.25, 0.3) is 6.08 Å². The first kappa shape index (κ1) is 20.5. The number of fused-ring (bicyclic) bond motifs is 1. The van der Waals surface area contributed by atoms with Crippen LogP contribution in [0.2, 0.25) is 0 Å². The molecule has 29 heavy (non-hydrogen) atoms. The first-order valence-corrected chi connectivity index (χ1v) is 9.51. The molecule has 0 radical (unpaired) electrons. The van der Waals surface area contributed by atoms with Crippen LogP contribution >= 0.6 is 0 Å². The molecule has 6 heteroatoms. The molecule has 150 valence electrons. The van der Waals surface area contributed by atoms with E-state index < -0.39 is 6.10 Å². The molecule has 0 unspecified atom stereocenters. The first-order valence-electron chi connectivity index (χ1n) is 9.51. The third kappa shape index (κ3) is 5.86. The van der Waals surface area contributed by atoms with Crippen molar-refractivity contribution in [2.75, 3.05) is 27.7 Å². The van der Waals surface area contributed by atoms with Crippen molar-refractivity contribution >= 4 is 23.7 Å². The molecule has 1 heterocycles. The molecule has 1 N–H and O–H groups in total. The van der Waals surface area contributed by atoms with Crippen LogP contribution in [0, 0.1) is 0 Å². The summed E-state index contributed by atoms with van der Waals surface area (Å²) in [4.78, 5) is 24.3. The normalized spacial score (nSPS) is 16.6. The third-order valence-corrected chi connectivity index (χ3v) is 4.38. The Kier molecular flexibility index (Phi) is 6.24. The smallest absolute Gasteiger partial charge is 0.339 e. The molecule has 1 aliphatic heterocycles. The van der Waals surface area contributed by atoms with E-state index in [2.05, 4.69) is 10.5 Å². The van der Waals surface area contributed by atoms with Crippen LogP contribution in [0.4, 0.5) is 0 Å². The highest BCUT2D eigenvalue weighted by molar-refractivity contribution is 6.01. The highest BCUT2D eigenvalue weighted by atomic mass is 16.5. The zero-order valence-corrected chi connectivity index (χ0v) is 17.0. The maximum Gasteiger partial charge on any atom is 0.339 e. The van der Waals surface area contributed by atoms with Crippen molar-refractivity contribution in [3.05, 3.63) is 77.4 Å². The number of carbonyl (C=O) groups is 2. The number of nitrogens with zero attached hydrogens (tertiary/aromatic N) is 2. The summed E-state index contributed by atoms with van der Waals surface area (Å²) in [6.07, 6.45) is 3.72. The number of hydrogen-bond donors (Lipinski definition) is 1. The van der Waals surface area contributed by atoms with Crippen LogP contribution < -0.4 is 5.43 Å². The summed E-state index contributed by atoms with van der Waals surface area (Å²) in [5, 5.41) is 4.31. The van der Waals surface area contributed by atoms with Gasteiger partial charge in [0.1, 0.15) is 6.10 Å². The van der Waals surface area contributed by atoms with Gasteiger partial charge in [0.25, 0.3) is 5.91 Å². The summed E-state index contributed by atoms with van der Waals surface area (Å²) in [6, 6.07) is 17.2. The Bertz CT molecular complexity index is 943. The molecule has 3 rings (SSSR count). The van der Waals surface area contributed by atoms with Gasteiger partial charge in [0, 0.05) is 12.0 Å². The fourth-order valence-electron chi connectivity index (χ4n) is 3.07. The largest absolute Gasteiger partial charge is 0.453 e. The van der Waals surface area contributed by atoms with Crippen LogP contribution in [0.15, 0.2) is 65.8 Å². The number of nitrogens with one attached hydrogen (secondary N) is 1. The van der Waals surface area contributed by atoms with Gasteiger partial charge in [0.2, 0.25) is 0 Å². The number of likely N-dealkylation sites (N-methyl/N-ethyl adjacent to an activating group) is 1. The fraction of sp³-hybridized carbons (Fsp3) is 0.261. The lowest BCUT2D eigenvalue weighted by molar-refractivity contribution is -0.862. The predicted molar refractivity (Wildman–Crippen MR) is 113 cm³/mol. The summed E-state index contributed by atoms with van der Waals surface area (Å²) >= 11 is 0. The fourth-order valence-corrected chi connectivity index (χ4v) is 3.07. The van der Waals surface area contributed by atoms with Crippen LogP contribution in [0.5, 0.6) is 0 Å². The first-order chi connectivity index (χ1) is 13.8. The van der Waals surface area contributed by atoms with E-state index in [1.54, 1.807) is 6.07 Å². The Hall–Kier alpha value is -3.25. The van der Waals surface area contributed by atoms with Crippen molar-refractivity contribution in [1.29, 1.82) is 0 Å². The SMILES string of the molecule is C[N+](C)(C)CC(=O)N/N=C(\C=C/c1ccccc1)C[C@H]1OC(=O)c2ccccc21. The Balaban J connectivity index is 1.79. The van der Waals surface area contributed by atoms with E-state index >= 15 is 0 Å². The number of esters is 1. The minimum Gasteiger partial charge on any atom is -0.453 e. The van der Waals surface area contributed by atoms with Gasteiger partial charge in [-0.25, -0.2) is 10.2 Å². The Morgan fingerprint density at radius 3 is 2.52 bits per heavy atom. The number of carbonyl (C=O) groups excluding carboxylic acids is 2. The monoisotopic (exact) mass is 392 g/mol. The second-order valence-corrected chi connectivity index (χ2v) is 8.02. The average molecular weight is 392 g/mol. The van der Waals surface area contributed by atoms with Crippen molar-refractivity contribution in [2.24, 2.45) is 5.10 Å². The molecule has 0 aromatic heterocycles. The van der Waals surface area contributed by atoms with Gasteiger partial charge in [-0.15, -0.1) is 0 Å². The molecule has 1 aliphatic rings. The van der Waals surface area contributed by atoms with Gasteiger partial charge in [0.15, 0.2) is 6.54 Å². The Morgan fingerprint density at radius 1 is 1.10 bits per heavy atom. The highest BCUT2D eigenvalue weighted by Crippen LogP contribution is 2.33. The Labute approximate surface area is 171 Å². The van der Waals surface area contributed by atoms with E-state index in [4.69, 9.17) is 4.74 Å². The molecule has 1 atom stereocenters. The zero-order valence-electron chi connectivity index (χ0n) is 17.0. The van der Waals surface area contributed by atoms with E-state index in [0.717, 1.165) is 11.1 Å². The molecule has 0 saturated carbocycles. The molecular formula is C23H26N3O3+. The number of hydrazone groups is 1. The lowest BCUT2D eigenvalue weighted by Crippen LogP contribution is -2.43. The number of rotatable bonds is 7. The van der Waals surface area contributed by atoms with E-state index in [1.165, 1.54) is 0 Å². The summed E-state index contributed by atoms with van der Waals surface area (Å²) in [5.41, 5.74) is 5.69. The van der Waals surface area contributed by atoms with Gasteiger partial charge >= 0.3 is 5.97 Å². The molecule has 0 fully saturated rings. The number of ether oxygens (including phenoxy) is 1. The van der Waals surface area contributed by atoms with Crippen LogP contribution in [-0.2, 0) is 9.53 Å². The standard InChI is InChI=1S/C23H25N3O3/c1-26(2,3)16-22(27)25-24-18(14-13-17-9-5-4-6-10-17)15-21-19-11-7-8-12-20(19)23(28)29-21/h4-14,21H,15-16H2,1-3H3/p+1/b14-13-,24-18+/t21-/m1/s1. The maximum absolute atomic E-state index is 12.2. The van der Waals surface area contributed by atoms with Gasteiger partial charge in [-0.05, 0) is 17.7 Å². The van der Waals surface area contributed by atoms with E-state index in [-0.39, 0.29) is 11.9 Å². The average Bonchev–Trinajstić information content (AvgIpc) is 2.99. The second-order valence-electron chi connectivity index (χ2n) is 8.02. The molecule has 0 bridgehead atoms. The number of amides is 1. The second kappa shape index (κ2) is 8.84. The van der Waals surface area contributed by atoms with Crippen molar-refractivity contribution in [2.45, 2.75) is 12.5 Å². The number of hydrogen-bond acceptors (Lipinski definition) is 4. The van der Waals surface area contributed by atoms with Gasteiger partial charge in [-0.3, -0.25) is 4.79 Å². The molecule has 0 spiro atoms. The molecule has 0 aliphatic carbocycles. The van der Waals surface area contributed by atoms with Crippen molar-refractivity contribution in [1.82, 2.24) is 5.43 Å². The van der Waals surface area contributed by atoms with Gasteiger partial charge in [0.05, 0.1) is 32.4 Å². The summed E-state index contributed by atoms with van der Waals surface area (Å²) in [5.74, 6) is -0.502. The lowest BCUT2D eigenvalue weighted by atomic mass is 10.0. The Morgan fingerprint density at radius 2 is 1.79 bits per heavy atom. The molecule has 6 nitrogen and oxygen atoms in total. The summed E-state index contributed by atoms with van der Waals surface area (Å²) in [7, 11) is 5.82. The van der Waals surface area contributed by atoms with Gasteiger partial charge < -0.3 is 9.22 Å². The molecule has 2 aromatic carbocycles. The van der Waals surface area contributed by atoms with Gasteiger partial charge in [-0.1, -0.05) is 54.6 Å². The lowest BCUT2D eigenvalue weighted by Gasteiger charge is -2.22. The van der Waals surface area contributed by atoms with Crippen molar-refractivity contribution < 1.29 is 18.8 Å². The number of benzene rings is 2. The molecule has 2 aromatic rings. The number of quaternary nitrogens is 1. The zero-order chi connectivity index (χ0) is 20.9. The number of allylic oxidation sites excluding steroid dienone is 1. The molecule has 0 saturated heterocycles. The maximum atomic E-state index is 12.2. The minimum absolute atomic E-state index is 0.174. The van der Waals surface area contributed by atoms with Crippen LogP contribution in [0.3, 0.4) is 0 Å². The van der Waals surface area contributed by atoms with Gasteiger partial charge in [-0.2, -0.15) is 5.10 Å². The van der Waals surface area contributed by atoms with Crippen molar-refractivity contribution in [3.63, 3.8) is 0 Å². The van der Waals surface area contributed by atoms with E-state index in [1.807, 2.05) is 81.8 Å². The van der Waals surface area contributed by atoms with Crippen LogP contribution in [0.1, 0.15) is 34.0 Å². The number of cyclic esters (lactones) is 1. The minimum atomic E-state index is -0.423. The summed E-state index contributed by atoms with van der Waals surface area (Å²) < 4.78 is 6.04. The highest BCUT2D eigenvalue weighted by Gasteiger charge is 2.31. The molecular weight excluding hydrogens is 366 g/mol. The predicted octanol–water partition coefficient (Wildman–Crippen LogP) is 3.18. The van der Waals surface area contributed by atoms with Crippen LogP contribution in [-0.4, -0.2) is 49.8 Å². The van der Waals surface area contributed by atoms with E-state index in [0.29, 0.717) is 28.7 Å². The van der Waals surface area contributed by atoms with Crippen molar-refractivity contribution in [3.8, 4) is 0 Å². The quantitative estimate of drug-likeness (QED) is 0.341. The molecule has 1 amide bonds. The third-order valence-electron chi connectivity index (χ3n) is 4.38.